The second kappa shape index (κ2) is 6.28. The lowest BCUT2D eigenvalue weighted by Gasteiger charge is -2.36. The van der Waals surface area contributed by atoms with Gasteiger partial charge in [0.1, 0.15) is 5.92 Å². The van der Waals surface area contributed by atoms with Gasteiger partial charge in [-0.25, -0.2) is 0 Å². The van der Waals surface area contributed by atoms with Crippen LogP contribution in [0.15, 0.2) is 0 Å². The third-order valence-electron chi connectivity index (χ3n) is 3.55. The lowest BCUT2D eigenvalue weighted by Crippen LogP contribution is -2.44. The molecule has 2 N–H and O–H groups in total. The number of aliphatic carboxylic acids is 1. The van der Waals surface area contributed by atoms with E-state index in [1.165, 1.54) is 26.2 Å². The molecule has 0 aliphatic heterocycles. The van der Waals surface area contributed by atoms with Crippen molar-refractivity contribution in [2.75, 3.05) is 12.8 Å². The van der Waals surface area contributed by atoms with Crippen molar-refractivity contribution in [3.63, 3.8) is 0 Å². The molecule has 4 nitrogen and oxygen atoms in total. The summed E-state index contributed by atoms with van der Waals surface area (Å²) in [6.45, 7) is 2.01. The Morgan fingerprint density at radius 3 is 2.41 bits per heavy atom. The van der Waals surface area contributed by atoms with E-state index in [1.54, 1.807) is 11.8 Å². The Labute approximate surface area is 107 Å². The molecule has 1 amide bonds. The smallest absolute Gasteiger partial charge is 0.315 e. The maximum absolute atomic E-state index is 11.6. The van der Waals surface area contributed by atoms with Crippen LogP contribution in [0, 0.1) is 5.92 Å². The zero-order valence-corrected chi connectivity index (χ0v) is 11.3. The van der Waals surface area contributed by atoms with Gasteiger partial charge < -0.3 is 10.4 Å². The molecule has 5 heteroatoms. The Kier molecular flexibility index (Phi) is 5.31. The van der Waals surface area contributed by atoms with Gasteiger partial charge in [0, 0.05) is 11.3 Å². The van der Waals surface area contributed by atoms with Crippen LogP contribution in [0.3, 0.4) is 0 Å². The third-order valence-corrected chi connectivity index (χ3v) is 4.96. The summed E-state index contributed by atoms with van der Waals surface area (Å²) in [6, 6.07) is 0. The Hall–Kier alpha value is -0.710. The Balaban J connectivity index is 2.47. The molecule has 1 atom stereocenters. The van der Waals surface area contributed by atoms with E-state index in [2.05, 4.69) is 11.6 Å². The molecule has 0 aromatic carbocycles. The summed E-state index contributed by atoms with van der Waals surface area (Å²) >= 11 is 1.79. The van der Waals surface area contributed by atoms with Crippen LogP contribution in [-0.4, -0.2) is 34.5 Å². The largest absolute Gasteiger partial charge is 0.481 e. The summed E-state index contributed by atoms with van der Waals surface area (Å²) in [4.78, 5) is 22.3. The van der Waals surface area contributed by atoms with Gasteiger partial charge in [0.2, 0.25) is 5.91 Å². The van der Waals surface area contributed by atoms with Crippen LogP contribution in [0.25, 0.3) is 0 Å². The number of carbonyl (C=O) groups excluding carboxylic acids is 1. The van der Waals surface area contributed by atoms with Crippen LogP contribution >= 0.6 is 11.8 Å². The van der Waals surface area contributed by atoms with E-state index in [4.69, 9.17) is 5.11 Å². The van der Waals surface area contributed by atoms with Gasteiger partial charge in [-0.3, -0.25) is 9.59 Å². The maximum atomic E-state index is 11.6. The zero-order chi connectivity index (χ0) is 12.9. The molecule has 98 valence electrons. The van der Waals surface area contributed by atoms with Crippen LogP contribution in [0.5, 0.6) is 0 Å². The van der Waals surface area contributed by atoms with Crippen molar-refractivity contribution < 1.29 is 14.7 Å². The molecule has 1 aliphatic rings. The van der Waals surface area contributed by atoms with Gasteiger partial charge >= 0.3 is 5.97 Å². The maximum Gasteiger partial charge on any atom is 0.315 e. The molecule has 1 fully saturated rings. The van der Waals surface area contributed by atoms with E-state index in [0.717, 1.165) is 12.8 Å². The van der Waals surface area contributed by atoms with Crippen LogP contribution < -0.4 is 5.32 Å². The van der Waals surface area contributed by atoms with Crippen molar-refractivity contribution in [3.05, 3.63) is 0 Å². The van der Waals surface area contributed by atoms with Crippen molar-refractivity contribution in [1.29, 1.82) is 0 Å². The fourth-order valence-electron chi connectivity index (χ4n) is 2.16. The molecule has 0 radical (unpaired) electrons. The van der Waals surface area contributed by atoms with E-state index in [1.807, 2.05) is 0 Å². The van der Waals surface area contributed by atoms with E-state index in [-0.39, 0.29) is 10.7 Å². The summed E-state index contributed by atoms with van der Waals surface area (Å²) in [6.07, 6.45) is 7.95. The van der Waals surface area contributed by atoms with Crippen molar-refractivity contribution in [2.45, 2.75) is 43.8 Å². The molecular weight excluding hydrogens is 238 g/mol. The summed E-state index contributed by atoms with van der Waals surface area (Å²) in [5, 5.41) is 11.5. The molecule has 0 spiro atoms. The molecule has 1 aliphatic carbocycles. The summed E-state index contributed by atoms with van der Waals surface area (Å²) in [5.74, 6) is -2.40. The van der Waals surface area contributed by atoms with Gasteiger partial charge in [0.15, 0.2) is 0 Å². The Bertz CT molecular complexity index is 287. The average Bonchev–Trinajstić information content (AvgIpc) is 2.36. The molecular formula is C12H21NO3S. The van der Waals surface area contributed by atoms with Crippen LogP contribution in [-0.2, 0) is 9.59 Å². The fourth-order valence-corrected chi connectivity index (χ4v) is 3.08. The fraction of sp³-hybridized carbons (Fsp3) is 0.833. The number of nitrogens with one attached hydrogen (secondary N) is 1. The second-order valence-corrected chi connectivity index (χ2v) is 6.00. The molecule has 0 aromatic heterocycles. The predicted octanol–water partition coefficient (Wildman–Crippen LogP) is 1.89. The predicted molar refractivity (Wildman–Crippen MR) is 69.1 cm³/mol. The number of hydrogen-bond acceptors (Lipinski definition) is 3. The van der Waals surface area contributed by atoms with Gasteiger partial charge in [0.05, 0.1) is 0 Å². The molecule has 0 bridgehead atoms. The topological polar surface area (TPSA) is 66.4 Å². The van der Waals surface area contributed by atoms with Gasteiger partial charge in [0.25, 0.3) is 0 Å². The first-order valence-corrected chi connectivity index (χ1v) is 7.29. The quantitative estimate of drug-likeness (QED) is 0.740. The SMILES string of the molecule is CSC1(CNC(=O)C(C)C(=O)O)CCCCC1. The highest BCUT2D eigenvalue weighted by atomic mass is 32.2. The molecule has 1 saturated carbocycles. The third kappa shape index (κ3) is 3.91. The minimum Gasteiger partial charge on any atom is -0.481 e. The van der Waals surface area contributed by atoms with E-state index in [0.29, 0.717) is 6.54 Å². The van der Waals surface area contributed by atoms with Crippen LogP contribution in [0.2, 0.25) is 0 Å². The molecule has 1 unspecified atom stereocenters. The zero-order valence-electron chi connectivity index (χ0n) is 10.5. The average molecular weight is 259 g/mol. The first-order chi connectivity index (χ1) is 8.01. The number of rotatable bonds is 5. The van der Waals surface area contributed by atoms with Crippen LogP contribution in [0.1, 0.15) is 39.0 Å². The highest BCUT2D eigenvalue weighted by Gasteiger charge is 2.32. The minimum absolute atomic E-state index is 0.117. The number of hydrogen-bond donors (Lipinski definition) is 2. The first-order valence-electron chi connectivity index (χ1n) is 6.06. The molecule has 17 heavy (non-hydrogen) atoms. The van der Waals surface area contributed by atoms with Gasteiger partial charge in [-0.2, -0.15) is 11.8 Å². The van der Waals surface area contributed by atoms with Gasteiger partial charge in [-0.1, -0.05) is 19.3 Å². The summed E-state index contributed by atoms with van der Waals surface area (Å²) < 4.78 is 0.117. The number of carbonyl (C=O) groups is 2. The van der Waals surface area contributed by atoms with Crippen molar-refractivity contribution >= 4 is 23.6 Å². The number of carboxylic acids is 1. The van der Waals surface area contributed by atoms with E-state index in [9.17, 15) is 9.59 Å². The summed E-state index contributed by atoms with van der Waals surface area (Å²) in [5.41, 5.74) is 0. The Morgan fingerprint density at radius 1 is 1.35 bits per heavy atom. The highest BCUT2D eigenvalue weighted by molar-refractivity contribution is 8.00. The number of thioether (sulfide) groups is 1. The summed E-state index contributed by atoms with van der Waals surface area (Å²) in [7, 11) is 0. The van der Waals surface area contributed by atoms with Gasteiger partial charge in [-0.15, -0.1) is 0 Å². The molecule has 0 saturated heterocycles. The van der Waals surface area contributed by atoms with E-state index < -0.39 is 11.9 Å². The van der Waals surface area contributed by atoms with Crippen molar-refractivity contribution in [3.8, 4) is 0 Å². The lowest BCUT2D eigenvalue weighted by molar-refractivity contribution is -0.146. The van der Waals surface area contributed by atoms with Crippen molar-refractivity contribution in [1.82, 2.24) is 5.32 Å². The lowest BCUT2D eigenvalue weighted by atomic mass is 9.88. The van der Waals surface area contributed by atoms with Crippen molar-refractivity contribution in [2.24, 2.45) is 5.92 Å². The van der Waals surface area contributed by atoms with Crippen LogP contribution in [0.4, 0.5) is 0 Å². The highest BCUT2D eigenvalue weighted by Crippen LogP contribution is 2.37. The standard InChI is InChI=1S/C12H21NO3S/c1-9(11(15)16)10(14)13-8-12(17-2)6-4-3-5-7-12/h9H,3-8H2,1-2H3,(H,13,14)(H,15,16). The normalized spacial score (nSPS) is 20.6. The number of amides is 1. The molecule has 0 aromatic rings. The van der Waals surface area contributed by atoms with Gasteiger partial charge in [-0.05, 0) is 26.0 Å². The monoisotopic (exact) mass is 259 g/mol. The molecule has 0 heterocycles. The minimum atomic E-state index is -1.07. The first kappa shape index (κ1) is 14.4. The van der Waals surface area contributed by atoms with E-state index >= 15 is 0 Å². The number of carboxylic acid groups (broad SMARTS) is 1. The molecule has 1 rings (SSSR count). The second-order valence-electron chi connectivity index (χ2n) is 4.73. The Morgan fingerprint density at radius 2 is 1.94 bits per heavy atom.